The van der Waals surface area contributed by atoms with Gasteiger partial charge in [0.05, 0.1) is 23.0 Å². The van der Waals surface area contributed by atoms with Gasteiger partial charge in [-0.2, -0.15) is 5.26 Å². The van der Waals surface area contributed by atoms with Crippen molar-refractivity contribution in [1.82, 2.24) is 0 Å². The molecule has 2 N–H and O–H groups in total. The van der Waals surface area contributed by atoms with E-state index in [4.69, 9.17) is 11.0 Å². The van der Waals surface area contributed by atoms with E-state index in [9.17, 15) is 0 Å². The summed E-state index contributed by atoms with van der Waals surface area (Å²) < 4.78 is 0. The number of nitriles is 1. The number of benzene rings is 1. The van der Waals surface area contributed by atoms with E-state index >= 15 is 0 Å². The van der Waals surface area contributed by atoms with E-state index in [0.717, 1.165) is 23.8 Å². The summed E-state index contributed by atoms with van der Waals surface area (Å²) in [5.74, 6) is 0.845. The lowest BCUT2D eigenvalue weighted by Crippen LogP contribution is -2.47. The third-order valence-electron chi connectivity index (χ3n) is 4.71. The molecular weight excluding hydrogens is 234 g/mol. The SMILES string of the molecule is N#Cc1ccc(N2CCC[C@H]3CCCC[C@H]32)c(N)c1. The van der Waals surface area contributed by atoms with E-state index in [1.807, 2.05) is 18.2 Å². The van der Waals surface area contributed by atoms with Gasteiger partial charge in [-0.25, -0.2) is 0 Å². The van der Waals surface area contributed by atoms with Gasteiger partial charge in [0.15, 0.2) is 0 Å². The van der Waals surface area contributed by atoms with Crippen molar-refractivity contribution in [3.05, 3.63) is 23.8 Å². The molecule has 1 aromatic carbocycles. The van der Waals surface area contributed by atoms with Gasteiger partial charge in [-0.1, -0.05) is 12.8 Å². The van der Waals surface area contributed by atoms with Gasteiger partial charge in [0.25, 0.3) is 0 Å². The summed E-state index contributed by atoms with van der Waals surface area (Å²) >= 11 is 0. The van der Waals surface area contributed by atoms with Crippen molar-refractivity contribution >= 4 is 11.4 Å². The van der Waals surface area contributed by atoms with E-state index in [2.05, 4.69) is 11.0 Å². The summed E-state index contributed by atoms with van der Waals surface area (Å²) in [6.07, 6.45) is 8.03. The Morgan fingerprint density at radius 3 is 2.74 bits per heavy atom. The van der Waals surface area contributed by atoms with Crippen molar-refractivity contribution in [3.63, 3.8) is 0 Å². The minimum atomic E-state index is 0.651. The second-order valence-corrected chi connectivity index (χ2v) is 5.83. The highest BCUT2D eigenvalue weighted by molar-refractivity contribution is 5.70. The summed E-state index contributed by atoms with van der Waals surface area (Å²) in [4.78, 5) is 2.50. The van der Waals surface area contributed by atoms with Crippen LogP contribution in [0.15, 0.2) is 18.2 Å². The molecule has 0 amide bonds. The zero-order chi connectivity index (χ0) is 13.2. The van der Waals surface area contributed by atoms with Gasteiger partial charge in [0.2, 0.25) is 0 Å². The molecule has 2 aliphatic rings. The van der Waals surface area contributed by atoms with Crippen LogP contribution in [0.1, 0.15) is 44.1 Å². The number of anilines is 2. The third-order valence-corrected chi connectivity index (χ3v) is 4.71. The summed E-state index contributed by atoms with van der Waals surface area (Å²) in [6, 6.07) is 8.55. The van der Waals surface area contributed by atoms with Crippen LogP contribution in [0.2, 0.25) is 0 Å². The molecule has 19 heavy (non-hydrogen) atoms. The van der Waals surface area contributed by atoms with Crippen LogP contribution in [0.25, 0.3) is 0 Å². The molecule has 100 valence electrons. The van der Waals surface area contributed by atoms with Crippen molar-refractivity contribution < 1.29 is 0 Å². The Morgan fingerprint density at radius 1 is 1.16 bits per heavy atom. The van der Waals surface area contributed by atoms with E-state index in [1.165, 1.54) is 38.5 Å². The summed E-state index contributed by atoms with van der Waals surface area (Å²) in [6.45, 7) is 1.11. The summed E-state index contributed by atoms with van der Waals surface area (Å²) in [5, 5.41) is 8.93. The zero-order valence-corrected chi connectivity index (χ0v) is 11.3. The van der Waals surface area contributed by atoms with Gasteiger partial charge in [0, 0.05) is 12.6 Å². The normalized spacial score (nSPS) is 26.6. The first-order valence-corrected chi connectivity index (χ1v) is 7.36. The highest BCUT2D eigenvalue weighted by Crippen LogP contribution is 2.39. The molecule has 1 aliphatic carbocycles. The molecule has 0 aromatic heterocycles. The predicted octanol–water partition coefficient (Wildman–Crippen LogP) is 3.30. The summed E-state index contributed by atoms with van der Waals surface area (Å²) in [5.41, 5.74) is 8.70. The van der Waals surface area contributed by atoms with E-state index in [0.29, 0.717) is 11.6 Å². The number of nitrogens with two attached hydrogens (primary N) is 1. The largest absolute Gasteiger partial charge is 0.397 e. The number of nitrogens with zero attached hydrogens (tertiary/aromatic N) is 2. The second-order valence-electron chi connectivity index (χ2n) is 5.83. The van der Waals surface area contributed by atoms with E-state index in [1.54, 1.807) is 0 Å². The maximum Gasteiger partial charge on any atom is 0.0992 e. The molecule has 3 heteroatoms. The Hall–Kier alpha value is -1.69. The van der Waals surface area contributed by atoms with Gasteiger partial charge in [-0.3, -0.25) is 0 Å². The van der Waals surface area contributed by atoms with Crippen molar-refractivity contribution in [2.75, 3.05) is 17.2 Å². The van der Waals surface area contributed by atoms with Gasteiger partial charge in [0.1, 0.15) is 0 Å². The number of nitrogen functional groups attached to an aromatic ring is 1. The average molecular weight is 255 g/mol. The van der Waals surface area contributed by atoms with Crippen LogP contribution >= 0.6 is 0 Å². The smallest absolute Gasteiger partial charge is 0.0992 e. The fourth-order valence-electron chi connectivity index (χ4n) is 3.81. The molecule has 1 saturated heterocycles. The van der Waals surface area contributed by atoms with Crippen LogP contribution in [0.4, 0.5) is 11.4 Å². The average Bonchev–Trinajstić information content (AvgIpc) is 2.46. The van der Waals surface area contributed by atoms with Crippen molar-refractivity contribution in [3.8, 4) is 6.07 Å². The zero-order valence-electron chi connectivity index (χ0n) is 11.3. The number of rotatable bonds is 1. The first-order chi connectivity index (χ1) is 9.29. The topological polar surface area (TPSA) is 53.0 Å². The molecule has 0 spiro atoms. The predicted molar refractivity (Wildman–Crippen MR) is 77.9 cm³/mol. The quantitative estimate of drug-likeness (QED) is 0.783. The van der Waals surface area contributed by atoms with Gasteiger partial charge < -0.3 is 10.6 Å². The lowest BCUT2D eigenvalue weighted by molar-refractivity contribution is 0.244. The Labute approximate surface area is 115 Å². The molecule has 1 saturated carbocycles. The Balaban J connectivity index is 1.90. The molecule has 1 aliphatic heterocycles. The molecule has 0 bridgehead atoms. The van der Waals surface area contributed by atoms with Crippen LogP contribution in [-0.4, -0.2) is 12.6 Å². The van der Waals surface area contributed by atoms with Crippen LogP contribution in [0, 0.1) is 17.2 Å². The Morgan fingerprint density at radius 2 is 1.95 bits per heavy atom. The van der Waals surface area contributed by atoms with Crippen LogP contribution in [-0.2, 0) is 0 Å². The lowest BCUT2D eigenvalue weighted by atomic mass is 9.78. The number of hydrogen-bond donors (Lipinski definition) is 1. The second kappa shape index (κ2) is 5.13. The minimum absolute atomic E-state index is 0.651. The van der Waals surface area contributed by atoms with Crippen molar-refractivity contribution in [2.24, 2.45) is 5.92 Å². The number of piperidine rings is 1. The molecule has 1 heterocycles. The van der Waals surface area contributed by atoms with Crippen LogP contribution in [0.5, 0.6) is 0 Å². The highest BCUT2D eigenvalue weighted by atomic mass is 15.2. The van der Waals surface area contributed by atoms with E-state index in [-0.39, 0.29) is 0 Å². The molecule has 3 rings (SSSR count). The number of fused-ring (bicyclic) bond motifs is 1. The molecular formula is C16H21N3. The van der Waals surface area contributed by atoms with E-state index < -0.39 is 0 Å². The first-order valence-electron chi connectivity index (χ1n) is 7.36. The maximum atomic E-state index is 8.93. The molecule has 0 radical (unpaired) electrons. The van der Waals surface area contributed by atoms with Gasteiger partial charge in [-0.05, 0) is 49.8 Å². The van der Waals surface area contributed by atoms with Gasteiger partial charge in [-0.15, -0.1) is 0 Å². The first kappa shape index (κ1) is 12.3. The Kier molecular flexibility index (Phi) is 3.33. The Bertz CT molecular complexity index is 501. The fourth-order valence-corrected chi connectivity index (χ4v) is 3.81. The molecule has 3 nitrogen and oxygen atoms in total. The fraction of sp³-hybridized carbons (Fsp3) is 0.562. The monoisotopic (exact) mass is 255 g/mol. The van der Waals surface area contributed by atoms with Crippen molar-refractivity contribution in [2.45, 2.75) is 44.6 Å². The van der Waals surface area contributed by atoms with Crippen molar-refractivity contribution in [1.29, 1.82) is 5.26 Å². The lowest BCUT2D eigenvalue weighted by Gasteiger charge is -2.45. The maximum absolute atomic E-state index is 8.93. The standard InChI is InChI=1S/C16H21N3/c17-11-12-7-8-16(14(18)10-12)19-9-3-5-13-4-1-2-6-15(13)19/h7-8,10,13,15H,1-6,9,18H2/t13-,15-/m1/s1. The molecule has 1 aromatic rings. The molecule has 2 fully saturated rings. The van der Waals surface area contributed by atoms with Gasteiger partial charge >= 0.3 is 0 Å². The van der Waals surface area contributed by atoms with Crippen LogP contribution in [0.3, 0.4) is 0 Å². The highest BCUT2D eigenvalue weighted by Gasteiger charge is 2.33. The van der Waals surface area contributed by atoms with Crippen LogP contribution < -0.4 is 10.6 Å². The summed E-state index contributed by atoms with van der Waals surface area (Å²) in [7, 11) is 0. The molecule has 0 unspecified atom stereocenters. The minimum Gasteiger partial charge on any atom is -0.397 e. The number of hydrogen-bond acceptors (Lipinski definition) is 3. The third kappa shape index (κ3) is 2.28. The molecule has 2 atom stereocenters.